The predicted octanol–water partition coefficient (Wildman–Crippen LogP) is 6.37. The lowest BCUT2D eigenvalue weighted by molar-refractivity contribution is 0.0691. The smallest absolute Gasteiger partial charge is 0.354 e. The highest BCUT2D eigenvalue weighted by molar-refractivity contribution is 7.98. The quantitative estimate of drug-likeness (QED) is 0.330. The second-order valence-electron chi connectivity index (χ2n) is 7.05. The van der Waals surface area contributed by atoms with Crippen LogP contribution >= 0.6 is 11.8 Å². The molecule has 0 aliphatic carbocycles. The van der Waals surface area contributed by atoms with Crippen LogP contribution in [0.1, 0.15) is 16.1 Å². The van der Waals surface area contributed by atoms with E-state index in [1.807, 2.05) is 54.6 Å². The first-order valence-corrected chi connectivity index (χ1v) is 10.6. The highest BCUT2D eigenvalue weighted by Crippen LogP contribution is 2.33. The van der Waals surface area contributed by atoms with Crippen molar-refractivity contribution in [2.75, 3.05) is 0 Å². The number of rotatable bonds is 5. The van der Waals surface area contributed by atoms with Crippen LogP contribution in [0.5, 0.6) is 0 Å². The van der Waals surface area contributed by atoms with Crippen LogP contribution in [0, 0.1) is 0 Å². The van der Waals surface area contributed by atoms with Gasteiger partial charge in [-0.1, -0.05) is 60.7 Å². The molecule has 0 spiro atoms. The molecular formula is C25H18N2O2S. The first kappa shape index (κ1) is 18.5. The third-order valence-corrected chi connectivity index (χ3v) is 6.17. The van der Waals surface area contributed by atoms with Gasteiger partial charge in [-0.15, -0.1) is 11.8 Å². The molecule has 0 aliphatic heterocycles. The second-order valence-corrected chi connectivity index (χ2v) is 8.10. The molecule has 0 amide bonds. The molecule has 5 rings (SSSR count). The number of aromatic carboxylic acids is 1. The Balaban J connectivity index is 1.54. The number of carbonyl (C=O) groups is 1. The minimum atomic E-state index is -1.03. The number of hydrogen-bond donors (Lipinski definition) is 2. The van der Waals surface area contributed by atoms with Crippen molar-refractivity contribution >= 4 is 39.5 Å². The number of hydrogen-bond acceptors (Lipinski definition) is 3. The fraction of sp³-hybridized carbons (Fsp3) is 0.0400. The summed E-state index contributed by atoms with van der Waals surface area (Å²) in [5.41, 5.74) is 4.69. The first-order chi connectivity index (χ1) is 14.7. The number of aromatic nitrogens is 2. The van der Waals surface area contributed by atoms with Crippen molar-refractivity contribution in [2.24, 2.45) is 0 Å². The highest BCUT2D eigenvalue weighted by Gasteiger charge is 2.16. The van der Waals surface area contributed by atoms with Crippen molar-refractivity contribution in [3.8, 4) is 11.3 Å². The molecule has 0 saturated heterocycles. The van der Waals surface area contributed by atoms with Crippen LogP contribution in [0.15, 0.2) is 89.8 Å². The second kappa shape index (κ2) is 7.69. The molecule has 0 atom stereocenters. The lowest BCUT2D eigenvalue weighted by Crippen LogP contribution is -2.01. The normalized spacial score (nSPS) is 11.2. The number of benzene rings is 3. The number of H-pyrrole nitrogens is 1. The molecule has 4 nitrogen and oxygen atoms in total. The van der Waals surface area contributed by atoms with Crippen LogP contribution in [0.4, 0.5) is 0 Å². The number of nitrogens with zero attached hydrogens (tertiary/aromatic N) is 1. The Labute approximate surface area is 177 Å². The van der Waals surface area contributed by atoms with Gasteiger partial charge in [0, 0.05) is 32.5 Å². The van der Waals surface area contributed by atoms with Crippen LogP contribution in [0.25, 0.3) is 33.1 Å². The largest absolute Gasteiger partial charge is 0.477 e. The molecule has 146 valence electrons. The Hall–Kier alpha value is -3.57. The molecule has 5 heteroatoms. The standard InChI is InChI=1S/C25H18N2O2S/c28-25(29)22-14-20-19-8-4-5-9-21(19)26-24(20)23(27-22)17-10-12-18(13-11-17)30-15-16-6-2-1-3-7-16/h1-14,26H,15H2,(H,28,29). The summed E-state index contributed by atoms with van der Waals surface area (Å²) >= 11 is 1.77. The van der Waals surface area contributed by atoms with Gasteiger partial charge in [0.1, 0.15) is 5.69 Å². The van der Waals surface area contributed by atoms with Crippen molar-refractivity contribution in [2.45, 2.75) is 10.6 Å². The van der Waals surface area contributed by atoms with E-state index in [-0.39, 0.29) is 5.69 Å². The third-order valence-electron chi connectivity index (χ3n) is 5.09. The number of pyridine rings is 1. The van der Waals surface area contributed by atoms with Crippen LogP contribution < -0.4 is 0 Å². The zero-order valence-electron chi connectivity index (χ0n) is 16.0. The molecule has 30 heavy (non-hydrogen) atoms. The maximum absolute atomic E-state index is 11.7. The minimum Gasteiger partial charge on any atom is -0.477 e. The summed E-state index contributed by atoms with van der Waals surface area (Å²) in [4.78, 5) is 20.7. The van der Waals surface area contributed by atoms with Gasteiger partial charge in [0.05, 0.1) is 11.2 Å². The molecule has 2 aromatic heterocycles. The van der Waals surface area contributed by atoms with Crippen molar-refractivity contribution in [1.82, 2.24) is 9.97 Å². The summed E-state index contributed by atoms with van der Waals surface area (Å²) in [6, 6.07) is 28.0. The van der Waals surface area contributed by atoms with Crippen LogP contribution in [0.2, 0.25) is 0 Å². The molecule has 2 heterocycles. The van der Waals surface area contributed by atoms with E-state index in [9.17, 15) is 9.90 Å². The number of fused-ring (bicyclic) bond motifs is 3. The topological polar surface area (TPSA) is 66.0 Å². The number of thioether (sulfide) groups is 1. The fourth-order valence-corrected chi connectivity index (χ4v) is 4.47. The van der Waals surface area contributed by atoms with Gasteiger partial charge in [0.15, 0.2) is 0 Å². The van der Waals surface area contributed by atoms with Gasteiger partial charge < -0.3 is 10.1 Å². The minimum absolute atomic E-state index is 0.0461. The highest BCUT2D eigenvalue weighted by atomic mass is 32.2. The maximum atomic E-state index is 11.7. The number of aromatic amines is 1. The molecule has 0 bridgehead atoms. The van der Waals surface area contributed by atoms with E-state index >= 15 is 0 Å². The number of carboxylic acid groups (broad SMARTS) is 1. The lowest BCUT2D eigenvalue weighted by Gasteiger charge is -2.07. The zero-order chi connectivity index (χ0) is 20.5. The van der Waals surface area contributed by atoms with Gasteiger partial charge in [-0.2, -0.15) is 0 Å². The average molecular weight is 410 g/mol. The zero-order valence-corrected chi connectivity index (χ0v) is 16.8. The van der Waals surface area contributed by atoms with Crippen LogP contribution in [0.3, 0.4) is 0 Å². The number of nitrogens with one attached hydrogen (secondary N) is 1. The summed E-state index contributed by atoms with van der Waals surface area (Å²) in [7, 11) is 0. The summed E-state index contributed by atoms with van der Waals surface area (Å²) < 4.78 is 0. The van der Waals surface area contributed by atoms with E-state index in [2.05, 4.69) is 34.2 Å². The molecule has 0 aliphatic rings. The third kappa shape index (κ3) is 3.44. The average Bonchev–Trinajstić information content (AvgIpc) is 3.17. The molecule has 3 aromatic carbocycles. The Morgan fingerprint density at radius 1 is 0.900 bits per heavy atom. The Kier molecular flexibility index (Phi) is 4.73. The molecule has 0 fully saturated rings. The van der Waals surface area contributed by atoms with E-state index in [0.29, 0.717) is 5.69 Å². The molecular weight excluding hydrogens is 392 g/mol. The Bertz CT molecular complexity index is 1360. The molecule has 0 radical (unpaired) electrons. The predicted molar refractivity (Wildman–Crippen MR) is 122 cm³/mol. The first-order valence-electron chi connectivity index (χ1n) is 9.61. The summed E-state index contributed by atoms with van der Waals surface area (Å²) in [5, 5.41) is 11.4. The van der Waals surface area contributed by atoms with Gasteiger partial charge in [-0.25, -0.2) is 9.78 Å². The Morgan fingerprint density at radius 3 is 2.40 bits per heavy atom. The van der Waals surface area contributed by atoms with Gasteiger partial charge in [-0.3, -0.25) is 0 Å². The summed E-state index contributed by atoms with van der Waals surface area (Å²) in [6.45, 7) is 0. The van der Waals surface area contributed by atoms with Gasteiger partial charge in [0.25, 0.3) is 0 Å². The summed E-state index contributed by atoms with van der Waals surface area (Å²) in [6.07, 6.45) is 0. The van der Waals surface area contributed by atoms with Gasteiger partial charge in [0.2, 0.25) is 0 Å². The van der Waals surface area contributed by atoms with Crippen molar-refractivity contribution in [3.63, 3.8) is 0 Å². The van der Waals surface area contributed by atoms with Gasteiger partial charge >= 0.3 is 5.97 Å². The van der Waals surface area contributed by atoms with Crippen LogP contribution in [-0.4, -0.2) is 21.0 Å². The molecule has 5 aromatic rings. The fourth-order valence-electron chi connectivity index (χ4n) is 3.61. The van der Waals surface area contributed by atoms with E-state index in [0.717, 1.165) is 38.0 Å². The van der Waals surface area contributed by atoms with Crippen molar-refractivity contribution in [3.05, 3.63) is 96.2 Å². The number of para-hydroxylation sites is 1. The number of carboxylic acids is 1. The molecule has 0 saturated carbocycles. The molecule has 2 N–H and O–H groups in total. The SMILES string of the molecule is O=C(O)c1cc2c([nH]c3ccccc32)c(-c2ccc(SCc3ccccc3)cc2)n1. The van der Waals surface area contributed by atoms with E-state index in [1.165, 1.54) is 5.56 Å². The van der Waals surface area contributed by atoms with Crippen molar-refractivity contribution in [1.29, 1.82) is 0 Å². The summed E-state index contributed by atoms with van der Waals surface area (Å²) in [5.74, 6) is -0.127. The monoisotopic (exact) mass is 410 g/mol. The van der Waals surface area contributed by atoms with E-state index in [4.69, 9.17) is 0 Å². The van der Waals surface area contributed by atoms with E-state index < -0.39 is 5.97 Å². The van der Waals surface area contributed by atoms with E-state index in [1.54, 1.807) is 17.8 Å². The van der Waals surface area contributed by atoms with Crippen LogP contribution in [-0.2, 0) is 5.75 Å². The maximum Gasteiger partial charge on any atom is 0.354 e. The van der Waals surface area contributed by atoms with Crippen molar-refractivity contribution < 1.29 is 9.90 Å². The Morgan fingerprint density at radius 2 is 1.63 bits per heavy atom. The molecule has 0 unspecified atom stereocenters. The lowest BCUT2D eigenvalue weighted by atomic mass is 10.1. The van der Waals surface area contributed by atoms with Gasteiger partial charge in [-0.05, 0) is 29.8 Å².